The van der Waals surface area contributed by atoms with E-state index >= 15 is 0 Å². The summed E-state index contributed by atoms with van der Waals surface area (Å²) in [6, 6.07) is 1.59. The van der Waals surface area contributed by atoms with Crippen LogP contribution in [0.3, 0.4) is 0 Å². The largest absolute Gasteiger partial charge is 0.371 e. The second-order valence-corrected chi connectivity index (χ2v) is 3.19. The first-order valence-corrected chi connectivity index (χ1v) is 5.21. The first-order chi connectivity index (χ1) is 7.31. The van der Waals surface area contributed by atoms with Crippen LogP contribution in [0.15, 0.2) is 12.3 Å². The smallest absolute Gasteiger partial charge is 0.168 e. The summed E-state index contributed by atoms with van der Waals surface area (Å²) in [6.45, 7) is 4.64. The second-order valence-electron chi connectivity index (χ2n) is 3.19. The Kier molecular flexibility index (Phi) is 4.90. The van der Waals surface area contributed by atoms with E-state index in [0.29, 0.717) is 18.1 Å². The maximum Gasteiger partial charge on any atom is 0.168 e. The van der Waals surface area contributed by atoms with Gasteiger partial charge in [0.1, 0.15) is 11.8 Å². The fourth-order valence-electron chi connectivity index (χ4n) is 1.36. The maximum atomic E-state index is 10.6. The number of nitrogens with zero attached hydrogens (tertiary/aromatic N) is 2. The van der Waals surface area contributed by atoms with Gasteiger partial charge in [-0.1, -0.05) is 13.3 Å². The van der Waals surface area contributed by atoms with Crippen LogP contribution in [0.25, 0.3) is 0 Å². The summed E-state index contributed by atoms with van der Waals surface area (Å²) in [6.07, 6.45) is 4.09. The number of hydrogen-bond acceptors (Lipinski definition) is 4. The lowest BCUT2D eigenvalue weighted by molar-refractivity contribution is 0.0492. The zero-order valence-corrected chi connectivity index (χ0v) is 9.14. The van der Waals surface area contributed by atoms with Gasteiger partial charge >= 0.3 is 0 Å². The quantitative estimate of drug-likeness (QED) is 0.672. The van der Waals surface area contributed by atoms with Gasteiger partial charge in [-0.05, 0) is 19.4 Å². The zero-order chi connectivity index (χ0) is 11.1. The molecular formula is C11H16N2O2. The highest BCUT2D eigenvalue weighted by Gasteiger charge is 2.13. The third-order valence-electron chi connectivity index (χ3n) is 2.02. The fraction of sp³-hybridized carbons (Fsp3) is 0.545. The topological polar surface area (TPSA) is 52.1 Å². The predicted octanol–water partition coefficient (Wildman–Crippen LogP) is 2.17. The molecule has 1 aromatic heterocycles. The molecule has 0 fully saturated rings. The fourth-order valence-corrected chi connectivity index (χ4v) is 1.36. The van der Waals surface area contributed by atoms with Crippen molar-refractivity contribution in [3.05, 3.63) is 23.8 Å². The molecule has 0 saturated carbocycles. The Hall–Kier alpha value is -1.29. The molecule has 0 N–H and O–H groups in total. The Balaban J connectivity index is 2.83. The van der Waals surface area contributed by atoms with Crippen molar-refractivity contribution in [2.45, 2.75) is 32.8 Å². The minimum atomic E-state index is -0.0973. The van der Waals surface area contributed by atoms with E-state index in [-0.39, 0.29) is 6.10 Å². The van der Waals surface area contributed by atoms with Crippen molar-refractivity contribution >= 4 is 6.29 Å². The van der Waals surface area contributed by atoms with Gasteiger partial charge in [-0.2, -0.15) is 0 Å². The molecule has 15 heavy (non-hydrogen) atoms. The van der Waals surface area contributed by atoms with Crippen LogP contribution in [0, 0.1) is 0 Å². The zero-order valence-electron chi connectivity index (χ0n) is 9.14. The molecule has 0 aliphatic carbocycles. The molecule has 4 heteroatoms. The van der Waals surface area contributed by atoms with Crippen molar-refractivity contribution in [1.29, 1.82) is 0 Å². The van der Waals surface area contributed by atoms with Crippen LogP contribution in [-0.2, 0) is 4.74 Å². The molecule has 0 aliphatic rings. The van der Waals surface area contributed by atoms with Gasteiger partial charge in [0, 0.05) is 12.8 Å². The van der Waals surface area contributed by atoms with E-state index in [1.807, 2.05) is 6.92 Å². The molecule has 1 atom stereocenters. The molecule has 1 rings (SSSR count). The monoisotopic (exact) mass is 208 g/mol. The molecule has 0 radical (unpaired) electrons. The van der Waals surface area contributed by atoms with Crippen LogP contribution in [0.5, 0.6) is 0 Å². The van der Waals surface area contributed by atoms with E-state index < -0.39 is 0 Å². The summed E-state index contributed by atoms with van der Waals surface area (Å²) < 4.78 is 5.53. The van der Waals surface area contributed by atoms with Crippen LogP contribution in [0.4, 0.5) is 0 Å². The number of rotatable bonds is 6. The Morgan fingerprint density at radius 2 is 2.33 bits per heavy atom. The first kappa shape index (κ1) is 11.8. The van der Waals surface area contributed by atoms with E-state index in [1.54, 1.807) is 12.3 Å². The standard InChI is InChI=1S/C11H16N2O2/c1-3-5-10(15-4-2)11-12-7-6-9(8-14)13-11/h6-8,10H,3-5H2,1-2H3. The van der Waals surface area contributed by atoms with E-state index in [0.717, 1.165) is 19.1 Å². The van der Waals surface area contributed by atoms with Gasteiger partial charge in [0.05, 0.1) is 0 Å². The second kappa shape index (κ2) is 6.24. The summed E-state index contributed by atoms with van der Waals surface area (Å²) in [7, 11) is 0. The van der Waals surface area contributed by atoms with E-state index in [4.69, 9.17) is 4.74 Å². The van der Waals surface area contributed by atoms with Crippen LogP contribution < -0.4 is 0 Å². The molecule has 1 aromatic rings. The normalized spacial score (nSPS) is 12.4. The van der Waals surface area contributed by atoms with Crippen LogP contribution in [0.1, 0.15) is 49.1 Å². The Labute approximate surface area is 89.7 Å². The van der Waals surface area contributed by atoms with E-state index in [2.05, 4.69) is 16.9 Å². The predicted molar refractivity (Wildman–Crippen MR) is 56.7 cm³/mol. The van der Waals surface area contributed by atoms with Crippen LogP contribution >= 0.6 is 0 Å². The Bertz CT molecular complexity index is 309. The summed E-state index contributed by atoms with van der Waals surface area (Å²) in [5.41, 5.74) is 0.404. The van der Waals surface area contributed by atoms with Gasteiger partial charge in [0.25, 0.3) is 0 Å². The highest BCUT2D eigenvalue weighted by Crippen LogP contribution is 2.18. The van der Waals surface area contributed by atoms with Crippen LogP contribution in [-0.4, -0.2) is 22.9 Å². The number of hydrogen-bond donors (Lipinski definition) is 0. The van der Waals surface area contributed by atoms with Gasteiger partial charge in [-0.25, -0.2) is 9.97 Å². The number of carbonyl (C=O) groups excluding carboxylic acids is 1. The molecule has 0 aromatic carbocycles. The van der Waals surface area contributed by atoms with Crippen molar-refractivity contribution in [1.82, 2.24) is 9.97 Å². The molecule has 0 aliphatic heterocycles. The molecule has 0 bridgehead atoms. The molecule has 1 unspecified atom stereocenters. The third-order valence-corrected chi connectivity index (χ3v) is 2.02. The summed E-state index contributed by atoms with van der Waals surface area (Å²) in [4.78, 5) is 18.8. The third kappa shape index (κ3) is 3.40. The molecule has 0 spiro atoms. The molecule has 0 saturated heterocycles. The van der Waals surface area contributed by atoms with Gasteiger partial charge in [-0.15, -0.1) is 0 Å². The van der Waals surface area contributed by atoms with Gasteiger partial charge < -0.3 is 4.74 Å². The first-order valence-electron chi connectivity index (χ1n) is 5.21. The van der Waals surface area contributed by atoms with Crippen molar-refractivity contribution in [3.8, 4) is 0 Å². The molecule has 0 amide bonds. The number of carbonyl (C=O) groups is 1. The van der Waals surface area contributed by atoms with Gasteiger partial charge in [0.2, 0.25) is 0 Å². The summed E-state index contributed by atoms with van der Waals surface area (Å²) >= 11 is 0. The lowest BCUT2D eigenvalue weighted by Gasteiger charge is -2.14. The molecule has 1 heterocycles. The molecule has 4 nitrogen and oxygen atoms in total. The van der Waals surface area contributed by atoms with Crippen molar-refractivity contribution < 1.29 is 9.53 Å². The van der Waals surface area contributed by atoms with E-state index in [1.165, 1.54) is 0 Å². The highest BCUT2D eigenvalue weighted by atomic mass is 16.5. The lowest BCUT2D eigenvalue weighted by Crippen LogP contribution is -2.09. The summed E-state index contributed by atoms with van der Waals surface area (Å²) in [5, 5.41) is 0. The van der Waals surface area contributed by atoms with Gasteiger partial charge in [-0.3, -0.25) is 4.79 Å². The molecule has 82 valence electrons. The van der Waals surface area contributed by atoms with Crippen molar-refractivity contribution in [2.24, 2.45) is 0 Å². The Morgan fingerprint density at radius 1 is 1.53 bits per heavy atom. The minimum Gasteiger partial charge on any atom is -0.371 e. The average Bonchev–Trinajstić information content (AvgIpc) is 2.29. The minimum absolute atomic E-state index is 0.0973. The lowest BCUT2D eigenvalue weighted by atomic mass is 10.2. The SMILES string of the molecule is CCCC(OCC)c1nccc(C=O)n1. The highest BCUT2D eigenvalue weighted by molar-refractivity contribution is 5.71. The summed E-state index contributed by atoms with van der Waals surface area (Å²) in [5.74, 6) is 0.600. The van der Waals surface area contributed by atoms with Crippen LogP contribution in [0.2, 0.25) is 0 Å². The van der Waals surface area contributed by atoms with E-state index in [9.17, 15) is 4.79 Å². The van der Waals surface area contributed by atoms with Gasteiger partial charge in [0.15, 0.2) is 12.1 Å². The average molecular weight is 208 g/mol. The number of ether oxygens (including phenoxy) is 1. The Morgan fingerprint density at radius 3 is 2.93 bits per heavy atom. The number of aromatic nitrogens is 2. The number of aldehydes is 1. The van der Waals surface area contributed by atoms with Crippen molar-refractivity contribution in [3.63, 3.8) is 0 Å². The van der Waals surface area contributed by atoms with Crippen molar-refractivity contribution in [2.75, 3.05) is 6.61 Å². The molecular weight excluding hydrogens is 192 g/mol. The maximum absolute atomic E-state index is 10.6.